The summed E-state index contributed by atoms with van der Waals surface area (Å²) in [5.74, 6) is 0.537. The van der Waals surface area contributed by atoms with Gasteiger partial charge in [-0.25, -0.2) is 0 Å². The summed E-state index contributed by atoms with van der Waals surface area (Å²) >= 11 is 0. The number of aliphatic hydroxyl groups excluding tert-OH is 2. The van der Waals surface area contributed by atoms with Crippen LogP contribution in [0.5, 0.6) is 0 Å². The van der Waals surface area contributed by atoms with Crippen LogP contribution in [0, 0.1) is 11.3 Å². The first kappa shape index (κ1) is 31.8. The largest absolute Gasteiger partial charge is 0.393 e. The predicted molar refractivity (Wildman–Crippen MR) is 154 cm³/mol. The number of allylic oxidation sites excluding steroid dienone is 7. The molecule has 3 nitrogen and oxygen atoms in total. The van der Waals surface area contributed by atoms with Gasteiger partial charge in [-0.05, 0) is 74.3 Å². The van der Waals surface area contributed by atoms with E-state index in [1.165, 1.54) is 18.4 Å². The zero-order valence-electron chi connectivity index (χ0n) is 23.7. The van der Waals surface area contributed by atoms with Gasteiger partial charge in [-0.1, -0.05) is 90.5 Å². The molecule has 0 bridgehead atoms. The molecule has 3 aliphatic rings. The van der Waals surface area contributed by atoms with Gasteiger partial charge in [0, 0.05) is 16.6 Å². The fraction of sp³-hybridized carbons (Fsp3) is 0.677. The Balaban J connectivity index is 0.00000145. The van der Waals surface area contributed by atoms with Crippen molar-refractivity contribution in [2.45, 2.75) is 124 Å². The second-order valence-corrected chi connectivity index (χ2v) is 12.2. The first-order valence-corrected chi connectivity index (χ1v) is 15.1. The van der Waals surface area contributed by atoms with E-state index in [1.54, 1.807) is 5.57 Å². The molecule has 0 aromatic rings. The molecule has 0 spiro atoms. The van der Waals surface area contributed by atoms with Crippen LogP contribution in [0.25, 0.3) is 0 Å². The summed E-state index contributed by atoms with van der Waals surface area (Å²) in [6.07, 6.45) is 15.4. The Hall–Kier alpha value is -1.23. The van der Waals surface area contributed by atoms with E-state index in [-0.39, 0.29) is 10.7 Å². The van der Waals surface area contributed by atoms with Crippen molar-refractivity contribution in [3.05, 3.63) is 58.1 Å². The molecule has 0 heterocycles. The van der Waals surface area contributed by atoms with Crippen LogP contribution in [0.2, 0.25) is 0 Å². The highest BCUT2D eigenvalue weighted by atomic mass is 32.2. The molecule has 3 rings (SSSR count). The third-order valence-electron chi connectivity index (χ3n) is 7.57. The summed E-state index contributed by atoms with van der Waals surface area (Å²) in [7, 11) is -0.874. The Morgan fingerprint density at radius 2 is 1.89 bits per heavy atom. The van der Waals surface area contributed by atoms with Gasteiger partial charge in [-0.3, -0.25) is 4.21 Å². The molecule has 0 amide bonds. The van der Waals surface area contributed by atoms with Gasteiger partial charge >= 0.3 is 0 Å². The Labute approximate surface area is 218 Å². The molecular formula is C31H52O3S. The van der Waals surface area contributed by atoms with E-state index in [0.717, 1.165) is 41.7 Å². The monoisotopic (exact) mass is 504 g/mol. The summed E-state index contributed by atoms with van der Waals surface area (Å²) in [6, 6.07) is 0. The van der Waals surface area contributed by atoms with E-state index in [2.05, 4.69) is 37.8 Å². The number of hydrogen-bond donors (Lipinski definition) is 2. The fourth-order valence-electron chi connectivity index (χ4n) is 5.64. The van der Waals surface area contributed by atoms with E-state index < -0.39 is 23.0 Å². The maximum atomic E-state index is 12.2. The van der Waals surface area contributed by atoms with E-state index in [4.69, 9.17) is 0 Å². The molecule has 0 saturated heterocycles. The Bertz CT molecular complexity index is 845. The van der Waals surface area contributed by atoms with Crippen LogP contribution >= 0.6 is 0 Å². The minimum Gasteiger partial charge on any atom is -0.393 e. The highest BCUT2D eigenvalue weighted by molar-refractivity contribution is 7.89. The van der Waals surface area contributed by atoms with Gasteiger partial charge in [-0.15, -0.1) is 0 Å². The van der Waals surface area contributed by atoms with Gasteiger partial charge < -0.3 is 10.2 Å². The van der Waals surface area contributed by atoms with Crippen LogP contribution in [-0.2, 0) is 10.8 Å². The average molecular weight is 505 g/mol. The minimum atomic E-state index is -0.874. The first-order chi connectivity index (χ1) is 16.6. The van der Waals surface area contributed by atoms with E-state index in [0.29, 0.717) is 18.8 Å². The predicted octanol–water partition coefficient (Wildman–Crippen LogP) is 7.94. The normalized spacial score (nSPS) is 31.9. The molecule has 5 atom stereocenters. The lowest BCUT2D eigenvalue weighted by Crippen LogP contribution is -2.30. The second-order valence-electron chi connectivity index (χ2n) is 10.1. The van der Waals surface area contributed by atoms with Crippen molar-refractivity contribution in [3.8, 4) is 0 Å². The van der Waals surface area contributed by atoms with Crippen molar-refractivity contribution in [3.63, 3.8) is 0 Å². The summed E-state index contributed by atoms with van der Waals surface area (Å²) < 4.78 is 12.2. The van der Waals surface area contributed by atoms with Crippen molar-refractivity contribution in [2.24, 2.45) is 11.3 Å². The quantitative estimate of drug-likeness (QED) is 0.361. The smallest absolute Gasteiger partial charge is 0.0811 e. The summed E-state index contributed by atoms with van der Waals surface area (Å²) in [6.45, 7) is 20.5. The first-order valence-electron chi connectivity index (χ1n) is 13.8. The van der Waals surface area contributed by atoms with Gasteiger partial charge in [0.1, 0.15) is 0 Å². The molecule has 35 heavy (non-hydrogen) atoms. The molecular weight excluding hydrogens is 452 g/mol. The lowest BCUT2D eigenvalue weighted by molar-refractivity contribution is 0.0862. The van der Waals surface area contributed by atoms with Crippen molar-refractivity contribution in [1.29, 1.82) is 0 Å². The highest BCUT2D eigenvalue weighted by Crippen LogP contribution is 2.55. The van der Waals surface area contributed by atoms with Crippen molar-refractivity contribution >= 4 is 10.8 Å². The van der Waals surface area contributed by atoms with Crippen LogP contribution < -0.4 is 0 Å². The topological polar surface area (TPSA) is 57.5 Å². The van der Waals surface area contributed by atoms with Gasteiger partial charge in [0.25, 0.3) is 0 Å². The zero-order chi connectivity index (χ0) is 26.8. The molecule has 2 N–H and O–H groups in total. The second kappa shape index (κ2) is 15.1. The standard InChI is InChI=1S/C27H40O3S.2C2H6/c1-18(2)31(30)19(3)8-6-10-23-13-14-25-21(9-7-15-27(23,25)5)11-12-22-16-24(28)17-26(29)20(22)4;2*1-2/h8,11-13,18,24-26,28-29H,4,6-7,9-10,14-17H2,1-3,5H3;2*1-2H3/b19-8+,21-11+,22-12-;;. The van der Waals surface area contributed by atoms with Crippen molar-refractivity contribution in [2.75, 3.05) is 0 Å². The summed E-state index contributed by atoms with van der Waals surface area (Å²) in [4.78, 5) is 1.00. The van der Waals surface area contributed by atoms with Crippen LogP contribution in [0.4, 0.5) is 0 Å². The van der Waals surface area contributed by atoms with Gasteiger partial charge in [0.15, 0.2) is 0 Å². The molecule has 5 unspecified atom stereocenters. The lowest BCUT2D eigenvalue weighted by Gasteiger charge is -2.41. The Morgan fingerprint density at radius 3 is 2.51 bits per heavy atom. The van der Waals surface area contributed by atoms with E-state index >= 15 is 0 Å². The third-order valence-corrected chi connectivity index (χ3v) is 9.22. The zero-order valence-corrected chi connectivity index (χ0v) is 24.5. The molecule has 4 heteroatoms. The van der Waals surface area contributed by atoms with Crippen molar-refractivity contribution < 1.29 is 14.4 Å². The Kier molecular flexibility index (Phi) is 13.7. The highest BCUT2D eigenvalue weighted by Gasteiger charge is 2.44. The van der Waals surface area contributed by atoms with Crippen LogP contribution in [-0.4, -0.2) is 31.9 Å². The van der Waals surface area contributed by atoms with Gasteiger partial charge in [0.05, 0.1) is 23.0 Å². The lowest BCUT2D eigenvalue weighted by atomic mass is 9.63. The number of hydrogen-bond acceptors (Lipinski definition) is 3. The number of fused-ring (bicyclic) bond motifs is 1. The number of rotatable bonds is 6. The summed E-state index contributed by atoms with van der Waals surface area (Å²) in [5.41, 5.74) is 5.00. The molecule has 0 aromatic heterocycles. The molecule has 3 aliphatic carbocycles. The maximum absolute atomic E-state index is 12.2. The fourth-order valence-corrected chi connectivity index (χ4v) is 6.67. The molecule has 0 aliphatic heterocycles. The van der Waals surface area contributed by atoms with Crippen LogP contribution in [0.15, 0.2) is 58.1 Å². The van der Waals surface area contributed by atoms with E-state index in [9.17, 15) is 14.4 Å². The average Bonchev–Trinajstić information content (AvgIpc) is 3.18. The van der Waals surface area contributed by atoms with Crippen molar-refractivity contribution in [1.82, 2.24) is 0 Å². The third kappa shape index (κ3) is 8.13. The number of aliphatic hydroxyl groups is 2. The van der Waals surface area contributed by atoms with Crippen LogP contribution in [0.3, 0.4) is 0 Å². The molecule has 0 aromatic carbocycles. The molecule has 0 radical (unpaired) electrons. The minimum absolute atomic E-state index is 0.173. The van der Waals surface area contributed by atoms with Gasteiger partial charge in [0.2, 0.25) is 0 Å². The SMILES string of the molecule is C=C1/C(=C\C=C2/CCCC3(C)C(CC/C=C(\C)S(=O)C(C)C)=CCC23)CC(O)CC1O.CC.CC. The molecule has 200 valence electrons. The van der Waals surface area contributed by atoms with Crippen LogP contribution in [0.1, 0.15) is 107 Å². The van der Waals surface area contributed by atoms with E-state index in [1.807, 2.05) is 48.5 Å². The van der Waals surface area contributed by atoms with Gasteiger partial charge in [-0.2, -0.15) is 0 Å². The summed E-state index contributed by atoms with van der Waals surface area (Å²) in [5, 5.41) is 20.3. The molecule has 2 saturated carbocycles. The maximum Gasteiger partial charge on any atom is 0.0811 e. The Morgan fingerprint density at radius 1 is 1.23 bits per heavy atom. The molecule has 2 fully saturated rings.